The van der Waals surface area contributed by atoms with E-state index in [0.717, 1.165) is 24.0 Å². The van der Waals surface area contributed by atoms with Crippen molar-refractivity contribution in [3.63, 3.8) is 0 Å². The van der Waals surface area contributed by atoms with Crippen LogP contribution < -0.4 is 0 Å². The fourth-order valence-electron chi connectivity index (χ4n) is 6.00. The molecule has 0 aromatic rings. The normalized spacial score (nSPS) is 34.6. The lowest BCUT2D eigenvalue weighted by Gasteiger charge is -2.53. The Morgan fingerprint density at radius 1 is 1.00 bits per heavy atom. The van der Waals surface area contributed by atoms with E-state index in [9.17, 15) is 4.79 Å². The Balaban J connectivity index is 2.27. The van der Waals surface area contributed by atoms with Gasteiger partial charge in [0.1, 0.15) is 11.7 Å². The van der Waals surface area contributed by atoms with Crippen LogP contribution in [0.1, 0.15) is 53.9 Å². The van der Waals surface area contributed by atoms with Crippen LogP contribution in [-0.2, 0) is 22.8 Å². The maximum atomic E-state index is 12.7. The number of rotatable bonds is 6. The Labute approximate surface area is 217 Å². The summed E-state index contributed by atoms with van der Waals surface area (Å²) in [5.41, 5.74) is 1.61. The van der Waals surface area contributed by atoms with Gasteiger partial charge in [-0.25, -0.2) is 4.79 Å². The second-order valence-corrected chi connectivity index (χ2v) is 28.3. The highest BCUT2D eigenvalue weighted by Crippen LogP contribution is 2.59. The van der Waals surface area contributed by atoms with Crippen molar-refractivity contribution >= 4 is 30.9 Å². The van der Waals surface area contributed by atoms with Gasteiger partial charge in [-0.15, -0.1) is 0 Å². The van der Waals surface area contributed by atoms with Gasteiger partial charge in [-0.05, 0) is 89.7 Å². The quantitative estimate of drug-likeness (QED) is 0.155. The van der Waals surface area contributed by atoms with E-state index in [1.54, 1.807) is 0 Å². The number of hydrogen-bond donors (Lipinski definition) is 0. The third-order valence-corrected chi connectivity index (χ3v) is 15.0. The van der Waals surface area contributed by atoms with E-state index >= 15 is 0 Å². The van der Waals surface area contributed by atoms with Crippen LogP contribution in [0.5, 0.6) is 0 Å². The number of fused-ring (bicyclic) bond motifs is 3. The summed E-state index contributed by atoms with van der Waals surface area (Å²) < 4.78 is 27.6. The lowest BCUT2D eigenvalue weighted by atomic mass is 9.77. The van der Waals surface area contributed by atoms with Gasteiger partial charge in [0.05, 0.1) is 11.7 Å². The Bertz CT molecular complexity index is 921. The topological polar surface area (TPSA) is 54.0 Å². The molecule has 3 rings (SSSR count). The van der Waals surface area contributed by atoms with Gasteiger partial charge in [0.2, 0.25) is 0 Å². The minimum absolute atomic E-state index is 0.0456. The summed E-state index contributed by atoms with van der Waals surface area (Å²) in [4.78, 5) is 12.7. The molecule has 0 unspecified atom stereocenters. The second-order valence-electron chi connectivity index (χ2n) is 14.7. The zero-order valence-electron chi connectivity index (χ0n) is 24.6. The van der Waals surface area contributed by atoms with E-state index in [1.165, 1.54) is 0 Å². The fourth-order valence-corrected chi connectivity index (χ4v) is 10.4. The Morgan fingerprint density at radius 3 is 2.03 bits per heavy atom. The van der Waals surface area contributed by atoms with Crippen molar-refractivity contribution in [3.8, 4) is 0 Å². The molecule has 1 saturated carbocycles. The molecule has 0 aromatic heterocycles. The van der Waals surface area contributed by atoms with Gasteiger partial charge in [-0.2, -0.15) is 0 Å². The predicted molar refractivity (Wildman–Crippen MR) is 151 cm³/mol. The van der Waals surface area contributed by atoms with Crippen molar-refractivity contribution in [2.75, 3.05) is 0 Å². The van der Waals surface area contributed by atoms with Gasteiger partial charge in [0, 0.05) is 23.5 Å². The van der Waals surface area contributed by atoms with Crippen molar-refractivity contribution < 1.29 is 22.8 Å². The lowest BCUT2D eigenvalue weighted by molar-refractivity contribution is -0.140. The van der Waals surface area contributed by atoms with Crippen LogP contribution >= 0.6 is 0 Å². The number of hydrogen-bond acceptors (Lipinski definition) is 5. The Hall–Kier alpha value is -0.519. The van der Waals surface area contributed by atoms with Crippen molar-refractivity contribution in [3.05, 3.63) is 23.3 Å². The standard InChI is InChI=1S/C27H50O5Si3/c1-18-20-15-16-26(6,31-33(7,8)9)27(32-34(10,11)12)17-21(30-35(13,14)25(3,4)5)19(2)22(27)23(20)29-24(18)28/h20-21,23H,1,15-17H2,2-14H3/t20-,21-,23-,26-,27+/m0/s1. The molecule has 35 heavy (non-hydrogen) atoms. The van der Waals surface area contributed by atoms with Crippen LogP contribution in [-0.4, -0.2) is 54.3 Å². The van der Waals surface area contributed by atoms with E-state index in [0.29, 0.717) is 12.0 Å². The molecule has 2 fully saturated rings. The Morgan fingerprint density at radius 2 is 1.54 bits per heavy atom. The summed E-state index contributed by atoms with van der Waals surface area (Å²) >= 11 is 0. The molecule has 2 aliphatic carbocycles. The molecule has 8 heteroatoms. The highest BCUT2D eigenvalue weighted by molar-refractivity contribution is 6.74. The SMILES string of the molecule is C=C1C(=O)O[C@@H]2C3=C(C)[C@@H](O[Si](C)(C)C(C)(C)C)C[C@]3(O[Si](C)(C)C)[C@@](C)(O[Si](C)(C)C)CC[C@@H]12. The van der Waals surface area contributed by atoms with Gasteiger partial charge in [-0.3, -0.25) is 0 Å². The zero-order chi connectivity index (χ0) is 27.0. The maximum Gasteiger partial charge on any atom is 0.334 e. The summed E-state index contributed by atoms with van der Waals surface area (Å²) in [6, 6.07) is 0. The van der Waals surface area contributed by atoms with Gasteiger partial charge < -0.3 is 18.0 Å². The minimum Gasteiger partial charge on any atom is -0.454 e. The number of carbonyl (C=O) groups is 1. The van der Waals surface area contributed by atoms with Crippen molar-refractivity contribution in [2.24, 2.45) is 5.92 Å². The smallest absolute Gasteiger partial charge is 0.334 e. The molecule has 0 aromatic carbocycles. The molecular weight excluding hydrogens is 489 g/mol. The first kappa shape index (κ1) is 29.0. The molecule has 0 radical (unpaired) electrons. The molecule has 0 spiro atoms. The second kappa shape index (κ2) is 8.77. The van der Waals surface area contributed by atoms with E-state index in [1.807, 2.05) is 0 Å². The maximum absolute atomic E-state index is 12.7. The first-order valence-corrected chi connectivity index (χ1v) is 23.0. The zero-order valence-corrected chi connectivity index (χ0v) is 27.6. The van der Waals surface area contributed by atoms with E-state index < -0.39 is 36.2 Å². The van der Waals surface area contributed by atoms with E-state index in [-0.39, 0.29) is 29.1 Å². The monoisotopic (exact) mass is 538 g/mol. The number of carbonyl (C=O) groups excluding carboxylic acids is 1. The Kier molecular flexibility index (Phi) is 7.27. The van der Waals surface area contributed by atoms with Crippen LogP contribution in [0.2, 0.25) is 57.4 Å². The van der Waals surface area contributed by atoms with E-state index in [2.05, 4.69) is 93.6 Å². The first-order valence-electron chi connectivity index (χ1n) is 13.2. The van der Waals surface area contributed by atoms with Gasteiger partial charge in [0.15, 0.2) is 25.0 Å². The van der Waals surface area contributed by atoms with Gasteiger partial charge in [0.25, 0.3) is 0 Å². The number of ether oxygens (including phenoxy) is 1. The molecule has 1 saturated heterocycles. The minimum atomic E-state index is -2.07. The first-order chi connectivity index (χ1) is 15.5. The van der Waals surface area contributed by atoms with Crippen LogP contribution in [0.25, 0.3) is 0 Å². The summed E-state index contributed by atoms with van der Waals surface area (Å²) in [6.07, 6.45) is 1.86. The molecule has 5 atom stereocenters. The average Bonchev–Trinajstić information content (AvgIpc) is 3.00. The number of esters is 1. The summed E-state index contributed by atoms with van der Waals surface area (Å²) in [7, 11) is -6.09. The van der Waals surface area contributed by atoms with Gasteiger partial charge >= 0.3 is 5.97 Å². The molecule has 5 nitrogen and oxygen atoms in total. The third-order valence-electron chi connectivity index (χ3n) is 8.45. The molecule has 1 heterocycles. The molecule has 1 aliphatic heterocycles. The summed E-state index contributed by atoms with van der Waals surface area (Å²) in [5, 5.41) is 0.0875. The average molecular weight is 539 g/mol. The van der Waals surface area contributed by atoms with E-state index in [4.69, 9.17) is 18.0 Å². The molecule has 0 bridgehead atoms. The molecule has 0 amide bonds. The summed E-state index contributed by atoms with van der Waals surface area (Å²) in [5.74, 6) is -0.318. The fraction of sp³-hybridized carbons (Fsp3) is 0.815. The van der Waals surface area contributed by atoms with Crippen molar-refractivity contribution in [1.82, 2.24) is 0 Å². The largest absolute Gasteiger partial charge is 0.454 e. The highest BCUT2D eigenvalue weighted by atomic mass is 28.4. The predicted octanol–water partition coefficient (Wildman–Crippen LogP) is 7.19. The van der Waals surface area contributed by atoms with Crippen molar-refractivity contribution in [2.45, 2.75) is 135 Å². The summed E-state index contributed by atoms with van der Waals surface area (Å²) in [6.45, 7) is 33.5. The lowest BCUT2D eigenvalue weighted by Crippen LogP contribution is -2.63. The van der Waals surface area contributed by atoms with Crippen molar-refractivity contribution in [1.29, 1.82) is 0 Å². The molecule has 200 valence electrons. The van der Waals surface area contributed by atoms with Crippen LogP contribution in [0.15, 0.2) is 23.3 Å². The third kappa shape index (κ3) is 5.25. The van der Waals surface area contributed by atoms with Crippen LogP contribution in [0.3, 0.4) is 0 Å². The highest BCUT2D eigenvalue weighted by Gasteiger charge is 2.66. The van der Waals surface area contributed by atoms with Crippen LogP contribution in [0.4, 0.5) is 0 Å². The van der Waals surface area contributed by atoms with Crippen LogP contribution in [0, 0.1) is 5.92 Å². The molecule has 0 N–H and O–H groups in total. The van der Waals surface area contributed by atoms with Gasteiger partial charge in [-0.1, -0.05) is 27.4 Å². The molecular formula is C27H50O5Si3. The molecule has 3 aliphatic rings.